The molecule has 9 aromatic carbocycles. The lowest BCUT2D eigenvalue weighted by Gasteiger charge is -2.27. The Balaban J connectivity index is 1.27. The van der Waals surface area contributed by atoms with Crippen LogP contribution in [0.15, 0.2) is 179 Å². The molecule has 0 saturated heterocycles. The van der Waals surface area contributed by atoms with Crippen molar-refractivity contribution in [3.05, 3.63) is 193 Å². The number of hydrogen-bond acceptors (Lipinski definition) is 2. The summed E-state index contributed by atoms with van der Waals surface area (Å²) in [7, 11) is 0. The largest absolute Gasteiger partial charge is 0.456 e. The molecular weight excluding hydrogens is 771 g/mol. The molecule has 0 amide bonds. The van der Waals surface area contributed by atoms with E-state index < -0.39 is 0 Å². The van der Waals surface area contributed by atoms with Crippen molar-refractivity contribution in [3.63, 3.8) is 0 Å². The van der Waals surface area contributed by atoms with E-state index in [9.17, 15) is 0 Å². The van der Waals surface area contributed by atoms with Gasteiger partial charge < -0.3 is 18.0 Å². The minimum Gasteiger partial charge on any atom is -0.456 e. The van der Waals surface area contributed by atoms with Crippen LogP contribution in [0, 0.1) is 25.5 Å². The molecule has 0 aliphatic rings. The fourth-order valence-electron chi connectivity index (χ4n) is 10.6. The zero-order valence-corrected chi connectivity index (χ0v) is 33.6. The van der Waals surface area contributed by atoms with Crippen molar-refractivity contribution < 1.29 is 17.6 Å². The second kappa shape index (κ2) is 12.8. The number of benzene rings is 9. The van der Waals surface area contributed by atoms with E-state index in [-0.39, 0.29) is 11.6 Å². The summed E-state index contributed by atoms with van der Waals surface area (Å²) in [4.78, 5) is 0. The maximum Gasteiger partial charge on any atom is 0.136 e. The molecule has 4 aromatic heterocycles. The van der Waals surface area contributed by atoms with Gasteiger partial charge in [-0.3, -0.25) is 0 Å². The van der Waals surface area contributed by atoms with Crippen LogP contribution in [0.25, 0.3) is 121 Å². The number of rotatable bonds is 4. The lowest BCUT2D eigenvalue weighted by Crippen LogP contribution is -2.11. The van der Waals surface area contributed by atoms with E-state index in [1.54, 1.807) is 12.1 Å². The van der Waals surface area contributed by atoms with Crippen molar-refractivity contribution in [3.8, 4) is 33.6 Å². The Kier molecular flexibility index (Phi) is 7.18. The van der Waals surface area contributed by atoms with Gasteiger partial charge in [0.2, 0.25) is 0 Å². The van der Waals surface area contributed by atoms with E-state index in [0.717, 1.165) is 104 Å². The number of fused-ring (bicyclic) bond motifs is 14. The highest BCUT2D eigenvalue weighted by molar-refractivity contribution is 6.29. The molecule has 0 spiro atoms. The zero-order valence-electron chi connectivity index (χ0n) is 33.6. The molecule has 0 unspecified atom stereocenters. The average molecular weight is 805 g/mol. The van der Waals surface area contributed by atoms with Crippen LogP contribution in [0.5, 0.6) is 0 Å². The summed E-state index contributed by atoms with van der Waals surface area (Å²) in [6, 6.07) is 55.1. The second-order valence-electron chi connectivity index (χ2n) is 16.2. The molecule has 0 saturated carbocycles. The van der Waals surface area contributed by atoms with Crippen LogP contribution in [0.1, 0.15) is 11.1 Å². The first-order valence-electron chi connectivity index (χ1n) is 20.8. The molecule has 0 atom stereocenters. The quantitative estimate of drug-likeness (QED) is 0.178. The van der Waals surface area contributed by atoms with Gasteiger partial charge >= 0.3 is 0 Å². The number of nitrogens with zero attached hydrogens (tertiary/aromatic N) is 2. The first-order valence-corrected chi connectivity index (χ1v) is 20.8. The summed E-state index contributed by atoms with van der Waals surface area (Å²) < 4.78 is 51.2. The van der Waals surface area contributed by atoms with Crippen molar-refractivity contribution in [1.29, 1.82) is 0 Å². The molecule has 0 bridgehead atoms. The van der Waals surface area contributed by atoms with Gasteiger partial charge in [0.1, 0.15) is 34.0 Å². The van der Waals surface area contributed by atoms with Crippen molar-refractivity contribution in [1.82, 2.24) is 9.13 Å². The maximum absolute atomic E-state index is 16.9. The van der Waals surface area contributed by atoms with Gasteiger partial charge in [-0.2, -0.15) is 0 Å². The Morgan fingerprint density at radius 3 is 1.19 bits per heavy atom. The zero-order chi connectivity index (χ0) is 41.4. The van der Waals surface area contributed by atoms with E-state index in [4.69, 9.17) is 8.83 Å². The second-order valence-corrected chi connectivity index (χ2v) is 16.2. The Labute approximate surface area is 353 Å². The van der Waals surface area contributed by atoms with E-state index in [1.165, 1.54) is 12.1 Å². The summed E-state index contributed by atoms with van der Waals surface area (Å²) in [5.74, 6) is -0.743. The predicted octanol–water partition coefficient (Wildman–Crippen LogP) is 15.9. The van der Waals surface area contributed by atoms with Crippen LogP contribution in [-0.4, -0.2) is 9.13 Å². The monoisotopic (exact) mass is 804 g/mol. The Hall–Kier alpha value is -7.96. The number of furan rings is 2. The summed E-state index contributed by atoms with van der Waals surface area (Å²) in [6.45, 7) is 4.17. The number of hydrogen-bond donors (Lipinski definition) is 0. The molecule has 0 fully saturated rings. The van der Waals surface area contributed by atoms with Crippen LogP contribution in [0.3, 0.4) is 0 Å². The molecule has 62 heavy (non-hydrogen) atoms. The van der Waals surface area contributed by atoms with Crippen molar-refractivity contribution >= 4 is 87.5 Å². The number of aromatic nitrogens is 2. The molecule has 0 aliphatic heterocycles. The highest BCUT2D eigenvalue weighted by Gasteiger charge is 2.31. The Morgan fingerprint density at radius 2 is 0.726 bits per heavy atom. The third kappa shape index (κ3) is 4.58. The third-order valence-corrected chi connectivity index (χ3v) is 13.0. The van der Waals surface area contributed by atoms with Crippen LogP contribution in [0.4, 0.5) is 8.78 Å². The van der Waals surface area contributed by atoms with Gasteiger partial charge in [0.05, 0.1) is 33.4 Å². The molecule has 0 N–H and O–H groups in total. The van der Waals surface area contributed by atoms with Crippen LogP contribution < -0.4 is 0 Å². The van der Waals surface area contributed by atoms with E-state index in [1.807, 2.05) is 84.9 Å². The lowest BCUT2D eigenvalue weighted by atomic mass is 9.86. The van der Waals surface area contributed by atoms with Gasteiger partial charge in [0.25, 0.3) is 0 Å². The van der Waals surface area contributed by atoms with E-state index in [0.29, 0.717) is 27.9 Å². The molecule has 0 aliphatic carbocycles. The van der Waals surface area contributed by atoms with Gasteiger partial charge in [-0.25, -0.2) is 8.78 Å². The van der Waals surface area contributed by atoms with E-state index >= 15 is 8.78 Å². The maximum atomic E-state index is 16.9. The van der Waals surface area contributed by atoms with Gasteiger partial charge in [-0.15, -0.1) is 0 Å². The minimum atomic E-state index is -0.371. The normalized spacial score (nSPS) is 12.2. The fraction of sp³-hybridized carbons (Fsp3) is 0.0357. The molecule has 13 rings (SSSR count). The summed E-state index contributed by atoms with van der Waals surface area (Å²) in [5.41, 5.74) is 12.4. The van der Waals surface area contributed by atoms with Crippen LogP contribution in [0.2, 0.25) is 0 Å². The number of para-hydroxylation sites is 4. The lowest BCUT2D eigenvalue weighted by molar-refractivity contribution is 0.630. The summed E-state index contributed by atoms with van der Waals surface area (Å²) in [6.07, 6.45) is 0. The topological polar surface area (TPSA) is 36.1 Å². The minimum absolute atomic E-state index is 0.371. The first kappa shape index (κ1) is 34.9. The van der Waals surface area contributed by atoms with Crippen molar-refractivity contribution in [2.45, 2.75) is 13.8 Å². The SMILES string of the molecule is Cc1c(-c2ccccc2F)c(-n2c3ccccc3c3c4c(ccc32)oc2ccccc24)c(-c2ccccc2F)c(C)c1-n1c2ccccc2c2c3c(ccc21)oc1ccccc13. The molecule has 4 heterocycles. The molecular formula is C56H34F2N2O2. The molecule has 294 valence electrons. The highest BCUT2D eigenvalue weighted by Crippen LogP contribution is 2.51. The summed E-state index contributed by atoms with van der Waals surface area (Å²) in [5, 5.41) is 8.22. The third-order valence-electron chi connectivity index (χ3n) is 13.0. The summed E-state index contributed by atoms with van der Waals surface area (Å²) >= 11 is 0. The standard InChI is InChI=1S/C56H34F2N2O2/c1-31-49(33-15-3-9-21-39(33)57)56(60-42-24-12-6-18-36(42)52-44(60)28-30-48-54(52)38-20-8-14-26-46(38)62-48)50(34-16-4-10-22-40(34)58)32(2)55(31)59-41-23-11-5-17-35(41)51-43(59)27-29-47-53(51)37-19-7-13-25-45(37)61-47/h3-30H,1-2H3. The molecule has 4 nitrogen and oxygen atoms in total. The first-order chi connectivity index (χ1) is 30.5. The van der Waals surface area contributed by atoms with Crippen molar-refractivity contribution in [2.24, 2.45) is 0 Å². The van der Waals surface area contributed by atoms with Crippen molar-refractivity contribution in [2.75, 3.05) is 0 Å². The molecule has 6 heteroatoms. The van der Waals surface area contributed by atoms with Crippen LogP contribution >= 0.6 is 0 Å². The van der Waals surface area contributed by atoms with Gasteiger partial charge in [0, 0.05) is 65.3 Å². The van der Waals surface area contributed by atoms with Gasteiger partial charge in [0.15, 0.2) is 0 Å². The van der Waals surface area contributed by atoms with E-state index in [2.05, 4.69) is 83.6 Å². The Bertz CT molecular complexity index is 3980. The molecule has 13 aromatic rings. The fourth-order valence-corrected chi connectivity index (χ4v) is 10.6. The average Bonchev–Trinajstić information content (AvgIpc) is 4.05. The number of halogens is 2. The van der Waals surface area contributed by atoms with Gasteiger partial charge in [-0.1, -0.05) is 109 Å². The highest BCUT2D eigenvalue weighted by atomic mass is 19.1. The smallest absolute Gasteiger partial charge is 0.136 e. The van der Waals surface area contributed by atoms with Crippen LogP contribution in [-0.2, 0) is 0 Å². The Morgan fingerprint density at radius 1 is 0.339 bits per heavy atom. The molecule has 0 radical (unpaired) electrons. The predicted molar refractivity (Wildman–Crippen MR) is 250 cm³/mol. The van der Waals surface area contributed by atoms with Gasteiger partial charge in [-0.05, 0) is 85.6 Å².